The lowest BCUT2D eigenvalue weighted by molar-refractivity contribution is 0.447. The van der Waals surface area contributed by atoms with Gasteiger partial charge in [-0.05, 0) is 19.1 Å². The van der Waals surface area contributed by atoms with E-state index in [1.807, 2.05) is 11.8 Å². The predicted molar refractivity (Wildman–Crippen MR) is 58.3 cm³/mol. The Morgan fingerprint density at radius 1 is 1.64 bits per heavy atom. The highest BCUT2D eigenvalue weighted by atomic mass is 32.2. The highest BCUT2D eigenvalue weighted by molar-refractivity contribution is 7.99. The van der Waals surface area contributed by atoms with E-state index >= 15 is 0 Å². The first-order chi connectivity index (χ1) is 6.90. The molecule has 3 nitrogen and oxygen atoms in total. The summed E-state index contributed by atoms with van der Waals surface area (Å²) < 4.78 is 5.18. The molecule has 2 unspecified atom stereocenters. The molecule has 0 saturated heterocycles. The molecule has 0 spiro atoms. The van der Waals surface area contributed by atoms with Crippen LogP contribution < -0.4 is 5.32 Å². The zero-order valence-corrected chi connectivity index (χ0v) is 9.22. The van der Waals surface area contributed by atoms with Crippen molar-refractivity contribution in [3.63, 3.8) is 0 Å². The summed E-state index contributed by atoms with van der Waals surface area (Å²) in [5.74, 6) is 0.928. The maximum atomic E-state index is 5.18. The summed E-state index contributed by atoms with van der Waals surface area (Å²) >= 11 is 1.97. The molecule has 1 heterocycles. The fourth-order valence-corrected chi connectivity index (χ4v) is 2.97. The first-order valence-corrected chi connectivity index (χ1v) is 6.32. The van der Waals surface area contributed by atoms with Gasteiger partial charge in [-0.25, -0.2) is 4.98 Å². The maximum Gasteiger partial charge on any atom is 0.180 e. The van der Waals surface area contributed by atoms with Crippen LogP contribution in [0.15, 0.2) is 17.0 Å². The third-order valence-electron chi connectivity index (χ3n) is 2.78. The van der Waals surface area contributed by atoms with Crippen LogP contribution >= 0.6 is 11.8 Å². The summed E-state index contributed by atoms with van der Waals surface area (Å²) in [5, 5.41) is 4.31. The Hall–Kier alpha value is -0.480. The molecular formula is C10H16N2OS. The van der Waals surface area contributed by atoms with E-state index in [0.717, 1.165) is 17.6 Å². The Labute approximate surface area is 88.7 Å². The van der Waals surface area contributed by atoms with E-state index in [4.69, 9.17) is 4.42 Å². The quantitative estimate of drug-likeness (QED) is 0.829. The summed E-state index contributed by atoms with van der Waals surface area (Å²) in [7, 11) is 0. The standard InChI is InChI=1S/C10H16N2OS/c1-14-10-4-2-3-9(10)12-6-8-5-11-7-13-8/h5,7,9-10,12H,2-4,6H2,1H3. The number of hydrogen-bond acceptors (Lipinski definition) is 4. The van der Waals surface area contributed by atoms with Crippen LogP contribution in [0.3, 0.4) is 0 Å². The van der Waals surface area contributed by atoms with Crippen molar-refractivity contribution in [3.05, 3.63) is 18.4 Å². The Bertz CT molecular complexity index is 263. The number of aromatic nitrogens is 1. The molecule has 2 rings (SSSR count). The first-order valence-electron chi connectivity index (χ1n) is 5.03. The van der Waals surface area contributed by atoms with Crippen LogP contribution in [0.4, 0.5) is 0 Å². The third-order valence-corrected chi connectivity index (χ3v) is 3.95. The molecule has 0 amide bonds. The number of thioether (sulfide) groups is 1. The van der Waals surface area contributed by atoms with Crippen molar-refractivity contribution < 1.29 is 4.42 Å². The van der Waals surface area contributed by atoms with E-state index in [9.17, 15) is 0 Å². The number of nitrogens with zero attached hydrogens (tertiary/aromatic N) is 1. The van der Waals surface area contributed by atoms with Crippen LogP contribution in [0.2, 0.25) is 0 Å². The average Bonchev–Trinajstić information content (AvgIpc) is 2.85. The largest absolute Gasteiger partial charge is 0.447 e. The minimum atomic E-state index is 0.648. The molecule has 1 aliphatic rings. The highest BCUT2D eigenvalue weighted by Gasteiger charge is 2.25. The molecule has 1 aromatic heterocycles. The summed E-state index contributed by atoms with van der Waals surface area (Å²) in [6.45, 7) is 0.807. The molecule has 0 aliphatic heterocycles. The van der Waals surface area contributed by atoms with Crippen molar-refractivity contribution in [2.75, 3.05) is 6.26 Å². The number of rotatable bonds is 4. The molecule has 2 atom stereocenters. The lowest BCUT2D eigenvalue weighted by Crippen LogP contribution is -2.33. The molecule has 0 aromatic carbocycles. The van der Waals surface area contributed by atoms with Crippen LogP contribution in [-0.4, -0.2) is 22.5 Å². The zero-order chi connectivity index (χ0) is 9.80. The van der Waals surface area contributed by atoms with Gasteiger partial charge in [0.05, 0.1) is 12.7 Å². The summed E-state index contributed by atoms with van der Waals surface area (Å²) in [6, 6.07) is 0.648. The van der Waals surface area contributed by atoms with Crippen LogP contribution in [0.25, 0.3) is 0 Å². The fourth-order valence-electron chi connectivity index (χ4n) is 2.00. The summed E-state index contributed by atoms with van der Waals surface area (Å²) in [4.78, 5) is 3.89. The smallest absolute Gasteiger partial charge is 0.180 e. The Balaban J connectivity index is 1.80. The van der Waals surface area contributed by atoms with Crippen LogP contribution in [0, 0.1) is 0 Å². The SMILES string of the molecule is CSC1CCCC1NCc1cnco1. The van der Waals surface area contributed by atoms with E-state index in [1.54, 1.807) is 6.20 Å². The van der Waals surface area contributed by atoms with Gasteiger partial charge in [0, 0.05) is 11.3 Å². The molecule has 1 N–H and O–H groups in total. The topological polar surface area (TPSA) is 38.1 Å². The van der Waals surface area contributed by atoms with Crippen LogP contribution in [-0.2, 0) is 6.54 Å². The molecular weight excluding hydrogens is 196 g/mol. The monoisotopic (exact) mass is 212 g/mol. The Morgan fingerprint density at radius 2 is 2.57 bits per heavy atom. The van der Waals surface area contributed by atoms with Gasteiger partial charge in [0.1, 0.15) is 5.76 Å². The molecule has 1 aromatic rings. The van der Waals surface area contributed by atoms with Gasteiger partial charge in [0.25, 0.3) is 0 Å². The molecule has 1 fully saturated rings. The molecule has 4 heteroatoms. The van der Waals surface area contributed by atoms with E-state index in [-0.39, 0.29) is 0 Å². The molecule has 1 aliphatic carbocycles. The van der Waals surface area contributed by atoms with Gasteiger partial charge >= 0.3 is 0 Å². The van der Waals surface area contributed by atoms with E-state index < -0.39 is 0 Å². The van der Waals surface area contributed by atoms with Crippen molar-refractivity contribution in [3.8, 4) is 0 Å². The average molecular weight is 212 g/mol. The minimum Gasteiger partial charge on any atom is -0.447 e. The van der Waals surface area contributed by atoms with Gasteiger partial charge in [-0.1, -0.05) is 6.42 Å². The normalized spacial score (nSPS) is 26.9. The number of hydrogen-bond donors (Lipinski definition) is 1. The lowest BCUT2D eigenvalue weighted by Gasteiger charge is -2.18. The van der Waals surface area contributed by atoms with Crippen LogP contribution in [0.1, 0.15) is 25.0 Å². The molecule has 14 heavy (non-hydrogen) atoms. The van der Waals surface area contributed by atoms with E-state index in [1.165, 1.54) is 25.7 Å². The highest BCUT2D eigenvalue weighted by Crippen LogP contribution is 2.28. The summed E-state index contributed by atoms with van der Waals surface area (Å²) in [6.07, 6.45) is 9.43. The van der Waals surface area contributed by atoms with E-state index in [2.05, 4.69) is 16.6 Å². The van der Waals surface area contributed by atoms with Gasteiger partial charge in [-0.15, -0.1) is 0 Å². The van der Waals surface area contributed by atoms with Gasteiger partial charge in [-0.3, -0.25) is 0 Å². The Morgan fingerprint density at radius 3 is 3.29 bits per heavy atom. The molecule has 1 saturated carbocycles. The van der Waals surface area contributed by atoms with Crippen molar-refractivity contribution in [1.29, 1.82) is 0 Å². The molecule has 78 valence electrons. The van der Waals surface area contributed by atoms with Crippen molar-refractivity contribution in [1.82, 2.24) is 10.3 Å². The van der Waals surface area contributed by atoms with Crippen LogP contribution in [0.5, 0.6) is 0 Å². The molecule has 0 radical (unpaired) electrons. The van der Waals surface area contributed by atoms with Gasteiger partial charge in [-0.2, -0.15) is 11.8 Å². The van der Waals surface area contributed by atoms with Crippen molar-refractivity contribution in [2.45, 2.75) is 37.1 Å². The minimum absolute atomic E-state index is 0.648. The number of oxazole rings is 1. The second-order valence-corrected chi connectivity index (χ2v) is 4.74. The van der Waals surface area contributed by atoms with Crippen molar-refractivity contribution >= 4 is 11.8 Å². The van der Waals surface area contributed by atoms with Gasteiger partial charge < -0.3 is 9.73 Å². The Kier molecular flexibility index (Phi) is 3.48. The predicted octanol–water partition coefficient (Wildman–Crippen LogP) is 2.05. The number of nitrogens with one attached hydrogen (secondary N) is 1. The summed E-state index contributed by atoms with van der Waals surface area (Å²) in [5.41, 5.74) is 0. The third kappa shape index (κ3) is 2.30. The van der Waals surface area contributed by atoms with Crippen molar-refractivity contribution in [2.24, 2.45) is 0 Å². The molecule has 0 bridgehead atoms. The second kappa shape index (κ2) is 4.84. The van der Waals surface area contributed by atoms with Gasteiger partial charge in [0.2, 0.25) is 0 Å². The lowest BCUT2D eigenvalue weighted by atomic mass is 10.2. The second-order valence-electron chi connectivity index (χ2n) is 3.66. The van der Waals surface area contributed by atoms with E-state index in [0.29, 0.717) is 6.04 Å². The maximum absolute atomic E-state index is 5.18. The fraction of sp³-hybridized carbons (Fsp3) is 0.700. The first kappa shape index (κ1) is 10.1. The zero-order valence-electron chi connectivity index (χ0n) is 8.40. The van der Waals surface area contributed by atoms with Gasteiger partial charge in [0.15, 0.2) is 6.39 Å².